The van der Waals surface area contributed by atoms with Crippen LogP contribution in [0.5, 0.6) is 0 Å². The number of nitrogens with one attached hydrogen (secondary N) is 2. The fourth-order valence-corrected chi connectivity index (χ4v) is 2.33. The Bertz CT molecular complexity index is 539. The molecular formula is C14H18N4OS. The summed E-state index contributed by atoms with van der Waals surface area (Å²) in [5.74, 6) is -0.185. The predicted octanol–water partition coefficient (Wildman–Crippen LogP) is 2.85. The highest BCUT2D eigenvalue weighted by Crippen LogP contribution is 2.15. The number of carbonyl (C=O) groups is 1. The minimum absolute atomic E-state index is 0.109. The van der Waals surface area contributed by atoms with Gasteiger partial charge in [-0.3, -0.25) is 4.79 Å². The number of thiazole rings is 1. The summed E-state index contributed by atoms with van der Waals surface area (Å²) >= 11 is 1.52. The Kier molecular flexibility index (Phi) is 5.06. The number of aromatic nitrogens is 2. The average Bonchev–Trinajstić information content (AvgIpc) is 3.00. The van der Waals surface area contributed by atoms with Crippen LogP contribution in [0.25, 0.3) is 0 Å². The van der Waals surface area contributed by atoms with Crippen LogP contribution in [0.15, 0.2) is 29.9 Å². The molecule has 106 valence electrons. The molecule has 2 aromatic rings. The maximum atomic E-state index is 12.1. The minimum Gasteiger partial charge on any atom is -0.384 e. The van der Waals surface area contributed by atoms with Gasteiger partial charge < -0.3 is 10.6 Å². The molecule has 1 atom stereocenters. The number of anilines is 1. The predicted molar refractivity (Wildman–Crippen MR) is 81.0 cm³/mol. The van der Waals surface area contributed by atoms with Crippen LogP contribution in [0.1, 0.15) is 41.8 Å². The Morgan fingerprint density at radius 1 is 1.40 bits per heavy atom. The number of hydrogen-bond donors (Lipinski definition) is 2. The van der Waals surface area contributed by atoms with Gasteiger partial charge in [-0.1, -0.05) is 6.92 Å². The first-order valence-corrected chi connectivity index (χ1v) is 7.49. The van der Waals surface area contributed by atoms with Crippen molar-refractivity contribution in [3.8, 4) is 0 Å². The molecule has 0 spiro atoms. The molecule has 0 aliphatic rings. The monoisotopic (exact) mass is 290 g/mol. The Morgan fingerprint density at radius 2 is 2.25 bits per heavy atom. The van der Waals surface area contributed by atoms with Crippen LogP contribution in [-0.2, 0) is 0 Å². The van der Waals surface area contributed by atoms with E-state index < -0.39 is 0 Å². The largest absolute Gasteiger partial charge is 0.384 e. The van der Waals surface area contributed by atoms with Crippen LogP contribution in [0.2, 0.25) is 0 Å². The van der Waals surface area contributed by atoms with Gasteiger partial charge in [-0.2, -0.15) is 0 Å². The first-order chi connectivity index (χ1) is 9.70. The summed E-state index contributed by atoms with van der Waals surface area (Å²) in [6.07, 6.45) is 4.46. The highest BCUT2D eigenvalue weighted by molar-refractivity contribution is 7.09. The zero-order valence-corrected chi connectivity index (χ0v) is 12.4. The standard InChI is InChI=1S/C14H18N4OS/c1-3-6-15-11-4-5-12(17-9-11)13(19)18-10(2)14-16-7-8-20-14/h4-5,7-10,15H,3,6H2,1-2H3,(H,18,19). The molecule has 2 aromatic heterocycles. The summed E-state index contributed by atoms with van der Waals surface area (Å²) in [5, 5.41) is 8.89. The van der Waals surface area contributed by atoms with Crippen molar-refractivity contribution in [3.63, 3.8) is 0 Å². The van der Waals surface area contributed by atoms with E-state index in [-0.39, 0.29) is 11.9 Å². The van der Waals surface area contributed by atoms with E-state index in [1.165, 1.54) is 11.3 Å². The molecule has 1 amide bonds. The van der Waals surface area contributed by atoms with Crippen molar-refractivity contribution in [3.05, 3.63) is 40.6 Å². The van der Waals surface area contributed by atoms with E-state index in [0.29, 0.717) is 5.69 Å². The average molecular weight is 290 g/mol. The molecule has 2 N–H and O–H groups in total. The van der Waals surface area contributed by atoms with E-state index >= 15 is 0 Å². The van der Waals surface area contributed by atoms with Gasteiger partial charge in [0.1, 0.15) is 10.7 Å². The molecule has 5 nitrogen and oxygen atoms in total. The molecule has 2 rings (SSSR count). The van der Waals surface area contributed by atoms with Crippen LogP contribution in [0, 0.1) is 0 Å². The molecule has 6 heteroatoms. The number of nitrogens with zero attached hydrogens (tertiary/aromatic N) is 2. The van der Waals surface area contributed by atoms with Crippen molar-refractivity contribution in [2.24, 2.45) is 0 Å². The molecule has 0 aliphatic heterocycles. The molecule has 0 aromatic carbocycles. The fourth-order valence-electron chi connectivity index (χ4n) is 1.68. The van der Waals surface area contributed by atoms with E-state index in [1.807, 2.05) is 18.4 Å². The smallest absolute Gasteiger partial charge is 0.270 e. The molecule has 0 radical (unpaired) electrons. The highest BCUT2D eigenvalue weighted by Gasteiger charge is 2.13. The molecule has 0 bridgehead atoms. The van der Waals surface area contributed by atoms with Crippen molar-refractivity contribution >= 4 is 22.9 Å². The molecular weight excluding hydrogens is 272 g/mol. The molecule has 0 aliphatic carbocycles. The summed E-state index contributed by atoms with van der Waals surface area (Å²) in [7, 11) is 0. The lowest BCUT2D eigenvalue weighted by Crippen LogP contribution is -2.27. The van der Waals surface area contributed by atoms with Gasteiger partial charge in [-0.15, -0.1) is 11.3 Å². The third-order valence-corrected chi connectivity index (χ3v) is 3.70. The second-order valence-corrected chi connectivity index (χ2v) is 5.35. The molecule has 0 fully saturated rings. The number of carbonyl (C=O) groups excluding carboxylic acids is 1. The van der Waals surface area contributed by atoms with Crippen molar-refractivity contribution < 1.29 is 4.79 Å². The van der Waals surface area contributed by atoms with Crippen molar-refractivity contribution in [2.45, 2.75) is 26.3 Å². The van der Waals surface area contributed by atoms with Crippen molar-refractivity contribution in [1.29, 1.82) is 0 Å². The summed E-state index contributed by atoms with van der Waals surface area (Å²) in [5.41, 5.74) is 1.34. The topological polar surface area (TPSA) is 66.9 Å². The molecule has 0 saturated carbocycles. The lowest BCUT2D eigenvalue weighted by atomic mass is 10.3. The fraction of sp³-hybridized carbons (Fsp3) is 0.357. The second-order valence-electron chi connectivity index (χ2n) is 4.42. The molecule has 20 heavy (non-hydrogen) atoms. The number of rotatable bonds is 6. The summed E-state index contributed by atoms with van der Waals surface area (Å²) < 4.78 is 0. The van der Waals surface area contributed by atoms with Gasteiger partial charge >= 0.3 is 0 Å². The van der Waals surface area contributed by atoms with Crippen molar-refractivity contribution in [1.82, 2.24) is 15.3 Å². The van der Waals surface area contributed by atoms with E-state index in [0.717, 1.165) is 23.7 Å². The summed E-state index contributed by atoms with van der Waals surface area (Å²) in [4.78, 5) is 20.4. The van der Waals surface area contributed by atoms with Crippen LogP contribution in [0.4, 0.5) is 5.69 Å². The zero-order valence-electron chi connectivity index (χ0n) is 11.6. The summed E-state index contributed by atoms with van der Waals surface area (Å²) in [6, 6.07) is 3.48. The van der Waals surface area contributed by atoms with Crippen LogP contribution >= 0.6 is 11.3 Å². The van der Waals surface area contributed by atoms with Crippen LogP contribution < -0.4 is 10.6 Å². The highest BCUT2D eigenvalue weighted by atomic mass is 32.1. The first kappa shape index (κ1) is 14.5. The Balaban J connectivity index is 1.95. The lowest BCUT2D eigenvalue weighted by molar-refractivity contribution is 0.0935. The van der Waals surface area contributed by atoms with Crippen molar-refractivity contribution in [2.75, 3.05) is 11.9 Å². The van der Waals surface area contributed by atoms with Gasteiger partial charge in [0, 0.05) is 18.1 Å². The van der Waals surface area contributed by atoms with E-state index in [9.17, 15) is 4.79 Å². The van der Waals surface area contributed by atoms with Crippen LogP contribution in [0.3, 0.4) is 0 Å². The normalized spacial score (nSPS) is 11.9. The number of amides is 1. The van der Waals surface area contributed by atoms with E-state index in [2.05, 4.69) is 27.5 Å². The van der Waals surface area contributed by atoms with Gasteiger partial charge in [0.2, 0.25) is 0 Å². The zero-order chi connectivity index (χ0) is 14.4. The third kappa shape index (κ3) is 3.77. The maximum Gasteiger partial charge on any atom is 0.270 e. The van der Waals surface area contributed by atoms with Gasteiger partial charge in [0.15, 0.2) is 0 Å². The van der Waals surface area contributed by atoms with E-state index in [1.54, 1.807) is 18.5 Å². The molecule has 1 unspecified atom stereocenters. The SMILES string of the molecule is CCCNc1ccc(C(=O)NC(C)c2nccs2)nc1. The number of pyridine rings is 1. The maximum absolute atomic E-state index is 12.1. The van der Waals surface area contributed by atoms with Gasteiger partial charge in [0.05, 0.1) is 17.9 Å². The van der Waals surface area contributed by atoms with Gasteiger partial charge in [0.25, 0.3) is 5.91 Å². The van der Waals surface area contributed by atoms with E-state index in [4.69, 9.17) is 0 Å². The quantitative estimate of drug-likeness (QED) is 0.858. The second kappa shape index (κ2) is 7.00. The Hall–Kier alpha value is -1.95. The molecule has 0 saturated heterocycles. The minimum atomic E-state index is -0.185. The summed E-state index contributed by atoms with van der Waals surface area (Å²) in [6.45, 7) is 4.91. The Labute approximate surface area is 122 Å². The van der Waals surface area contributed by atoms with Crippen LogP contribution in [-0.4, -0.2) is 22.4 Å². The first-order valence-electron chi connectivity index (χ1n) is 6.61. The third-order valence-electron chi connectivity index (χ3n) is 2.74. The molecule has 2 heterocycles. The Morgan fingerprint density at radius 3 is 2.85 bits per heavy atom. The van der Waals surface area contributed by atoms with Gasteiger partial charge in [-0.05, 0) is 25.5 Å². The lowest BCUT2D eigenvalue weighted by Gasteiger charge is -2.11. The number of hydrogen-bond acceptors (Lipinski definition) is 5. The van der Waals surface area contributed by atoms with Gasteiger partial charge in [-0.25, -0.2) is 9.97 Å².